The van der Waals surface area contributed by atoms with Gasteiger partial charge in [-0.25, -0.2) is 0 Å². The van der Waals surface area contributed by atoms with Gasteiger partial charge in [0.2, 0.25) is 0 Å². The number of hydrogen-bond donors (Lipinski definition) is 3. The van der Waals surface area contributed by atoms with E-state index in [0.717, 1.165) is 28.0 Å². The minimum absolute atomic E-state index is 0.107. The number of rotatable bonds is 5. The molecule has 5 heteroatoms. The Hall–Kier alpha value is -2.79. The van der Waals surface area contributed by atoms with Crippen molar-refractivity contribution in [3.63, 3.8) is 0 Å². The van der Waals surface area contributed by atoms with Crippen molar-refractivity contribution >= 4 is 28.2 Å². The molecule has 0 fully saturated rings. The van der Waals surface area contributed by atoms with Gasteiger partial charge in [0.05, 0.1) is 6.61 Å². The first-order valence-corrected chi connectivity index (χ1v) is 8.32. The molecule has 1 aromatic heterocycles. The van der Waals surface area contributed by atoms with Crippen molar-refractivity contribution in [3.8, 4) is 0 Å². The van der Waals surface area contributed by atoms with E-state index in [2.05, 4.69) is 17.2 Å². The van der Waals surface area contributed by atoms with Crippen molar-refractivity contribution in [1.82, 2.24) is 4.98 Å². The van der Waals surface area contributed by atoms with Gasteiger partial charge in [-0.15, -0.1) is 0 Å². The number of aromatic nitrogens is 1. The number of anilines is 2. The smallest absolute Gasteiger partial charge is 0.255 e. The minimum atomic E-state index is -0.128. The van der Waals surface area contributed by atoms with Crippen LogP contribution >= 0.6 is 0 Å². The number of nitrogens with one attached hydrogen (secondary N) is 2. The van der Waals surface area contributed by atoms with Crippen LogP contribution in [0.1, 0.15) is 21.6 Å². The summed E-state index contributed by atoms with van der Waals surface area (Å²) in [4.78, 5) is 17.8. The van der Waals surface area contributed by atoms with Crippen molar-refractivity contribution in [2.75, 3.05) is 30.4 Å². The highest BCUT2D eigenvalue weighted by Crippen LogP contribution is 2.23. The number of H-pyrrole nitrogens is 1. The summed E-state index contributed by atoms with van der Waals surface area (Å²) in [7, 11) is 1.92. The lowest BCUT2D eigenvalue weighted by Crippen LogP contribution is -2.21. The van der Waals surface area contributed by atoms with Crippen LogP contribution in [0.5, 0.6) is 0 Å². The highest BCUT2D eigenvalue weighted by Gasteiger charge is 2.10. The van der Waals surface area contributed by atoms with E-state index in [1.165, 1.54) is 5.56 Å². The first-order chi connectivity index (χ1) is 12.0. The largest absolute Gasteiger partial charge is 0.395 e. The van der Waals surface area contributed by atoms with Crippen LogP contribution in [-0.2, 0) is 0 Å². The molecule has 0 aliphatic rings. The lowest BCUT2D eigenvalue weighted by Gasteiger charge is -2.18. The number of nitrogens with zero attached hydrogens (tertiary/aromatic N) is 1. The third kappa shape index (κ3) is 3.51. The highest BCUT2D eigenvalue weighted by atomic mass is 16.3. The highest BCUT2D eigenvalue weighted by molar-refractivity contribution is 6.06. The Bertz CT molecular complexity index is 897. The molecule has 130 valence electrons. The van der Waals surface area contributed by atoms with Crippen LogP contribution in [0.2, 0.25) is 0 Å². The van der Waals surface area contributed by atoms with Crippen molar-refractivity contribution in [2.45, 2.75) is 13.8 Å². The molecule has 0 aliphatic heterocycles. The second kappa shape index (κ2) is 6.99. The number of carbonyl (C=O) groups is 1. The Morgan fingerprint density at radius 1 is 1.16 bits per heavy atom. The van der Waals surface area contributed by atoms with Crippen LogP contribution in [0.3, 0.4) is 0 Å². The SMILES string of the molecule is Cc1[nH]c2ccc(C(=O)Nc3ccc(N(C)CCO)cc3)cc2c1C. The van der Waals surface area contributed by atoms with E-state index in [4.69, 9.17) is 5.11 Å². The lowest BCUT2D eigenvalue weighted by atomic mass is 10.1. The first kappa shape index (κ1) is 17.0. The molecular formula is C20H23N3O2. The summed E-state index contributed by atoms with van der Waals surface area (Å²) in [5.74, 6) is -0.128. The zero-order valence-electron chi connectivity index (χ0n) is 14.8. The second-order valence-corrected chi connectivity index (χ2v) is 6.28. The van der Waals surface area contributed by atoms with Gasteiger partial charge >= 0.3 is 0 Å². The molecule has 0 atom stereocenters. The maximum Gasteiger partial charge on any atom is 0.255 e. The van der Waals surface area contributed by atoms with Crippen LogP contribution in [0.25, 0.3) is 10.9 Å². The Morgan fingerprint density at radius 3 is 2.56 bits per heavy atom. The zero-order chi connectivity index (χ0) is 18.0. The Kier molecular flexibility index (Phi) is 4.76. The van der Waals surface area contributed by atoms with Gasteiger partial charge in [0, 0.05) is 47.1 Å². The molecule has 3 aromatic rings. The fraction of sp³-hybridized carbons (Fsp3) is 0.250. The zero-order valence-corrected chi connectivity index (χ0v) is 14.8. The van der Waals surface area contributed by atoms with Crippen molar-refractivity contribution in [1.29, 1.82) is 0 Å². The number of aromatic amines is 1. The van der Waals surface area contributed by atoms with E-state index in [1.54, 1.807) is 0 Å². The molecule has 0 unspecified atom stereocenters. The maximum absolute atomic E-state index is 12.5. The normalized spacial score (nSPS) is 10.9. The topological polar surface area (TPSA) is 68.4 Å². The third-order valence-electron chi connectivity index (χ3n) is 4.57. The standard InChI is InChI=1S/C20H23N3O2/c1-13-14(2)21-19-9-4-15(12-18(13)19)20(25)22-16-5-7-17(8-6-16)23(3)10-11-24/h4-9,12,21,24H,10-11H2,1-3H3,(H,22,25). The number of likely N-dealkylation sites (N-methyl/N-ethyl adjacent to an activating group) is 1. The first-order valence-electron chi connectivity index (χ1n) is 8.32. The molecule has 0 aliphatic carbocycles. The van der Waals surface area contributed by atoms with Crippen molar-refractivity contribution in [2.24, 2.45) is 0 Å². The fourth-order valence-electron chi connectivity index (χ4n) is 2.88. The average Bonchev–Trinajstić information content (AvgIpc) is 2.89. The van der Waals surface area contributed by atoms with Crippen LogP contribution < -0.4 is 10.2 Å². The molecule has 0 saturated heterocycles. The number of aryl methyl sites for hydroxylation is 2. The van der Waals surface area contributed by atoms with E-state index in [0.29, 0.717) is 12.1 Å². The minimum Gasteiger partial charge on any atom is -0.395 e. The summed E-state index contributed by atoms with van der Waals surface area (Å²) in [5, 5.41) is 13.0. The molecule has 0 spiro atoms. The van der Waals surface area contributed by atoms with Gasteiger partial charge in [-0.2, -0.15) is 0 Å². The number of carbonyl (C=O) groups excluding carboxylic acids is 1. The molecule has 2 aromatic carbocycles. The molecule has 0 saturated carbocycles. The quantitative estimate of drug-likeness (QED) is 0.668. The van der Waals surface area contributed by atoms with Gasteiger partial charge in [0.25, 0.3) is 5.91 Å². The molecular weight excluding hydrogens is 314 g/mol. The van der Waals surface area contributed by atoms with Crippen molar-refractivity contribution in [3.05, 3.63) is 59.3 Å². The van der Waals surface area contributed by atoms with Crippen LogP contribution in [0, 0.1) is 13.8 Å². The second-order valence-electron chi connectivity index (χ2n) is 6.28. The fourth-order valence-corrected chi connectivity index (χ4v) is 2.88. The van der Waals surface area contributed by atoms with Gasteiger partial charge in [0.15, 0.2) is 0 Å². The lowest BCUT2D eigenvalue weighted by molar-refractivity contribution is 0.102. The molecule has 0 bridgehead atoms. The number of benzene rings is 2. The predicted molar refractivity (Wildman–Crippen MR) is 103 cm³/mol. The molecule has 25 heavy (non-hydrogen) atoms. The van der Waals surface area contributed by atoms with E-state index in [9.17, 15) is 4.79 Å². The maximum atomic E-state index is 12.5. The number of amides is 1. The average molecular weight is 337 g/mol. The number of fused-ring (bicyclic) bond motifs is 1. The molecule has 3 rings (SSSR count). The van der Waals surface area contributed by atoms with Crippen LogP contribution in [0.15, 0.2) is 42.5 Å². The van der Waals surface area contributed by atoms with E-state index in [1.807, 2.05) is 61.3 Å². The molecule has 5 nitrogen and oxygen atoms in total. The monoisotopic (exact) mass is 337 g/mol. The number of aliphatic hydroxyl groups is 1. The van der Waals surface area contributed by atoms with Gasteiger partial charge in [-0.3, -0.25) is 4.79 Å². The summed E-state index contributed by atoms with van der Waals surface area (Å²) >= 11 is 0. The third-order valence-corrected chi connectivity index (χ3v) is 4.57. The summed E-state index contributed by atoms with van der Waals surface area (Å²) in [5.41, 5.74) is 5.70. The van der Waals surface area contributed by atoms with Gasteiger partial charge < -0.3 is 20.3 Å². The predicted octanol–water partition coefficient (Wildman–Crippen LogP) is 3.47. The number of hydrogen-bond acceptors (Lipinski definition) is 3. The summed E-state index contributed by atoms with van der Waals surface area (Å²) in [6, 6.07) is 13.3. The van der Waals surface area contributed by atoms with Gasteiger partial charge in [0.1, 0.15) is 0 Å². The van der Waals surface area contributed by atoms with Crippen molar-refractivity contribution < 1.29 is 9.90 Å². The number of aliphatic hydroxyl groups excluding tert-OH is 1. The Labute approximate surface area is 147 Å². The molecule has 1 heterocycles. The Morgan fingerprint density at radius 2 is 1.88 bits per heavy atom. The van der Waals surface area contributed by atoms with E-state index < -0.39 is 0 Å². The Balaban J connectivity index is 1.76. The molecule has 1 amide bonds. The van der Waals surface area contributed by atoms with Gasteiger partial charge in [-0.05, 0) is 61.9 Å². The van der Waals surface area contributed by atoms with Crippen LogP contribution in [-0.4, -0.2) is 36.2 Å². The molecule has 0 radical (unpaired) electrons. The van der Waals surface area contributed by atoms with E-state index >= 15 is 0 Å². The molecule has 3 N–H and O–H groups in total. The summed E-state index contributed by atoms with van der Waals surface area (Å²) < 4.78 is 0. The van der Waals surface area contributed by atoms with E-state index in [-0.39, 0.29) is 12.5 Å². The van der Waals surface area contributed by atoms with Gasteiger partial charge in [-0.1, -0.05) is 0 Å². The summed E-state index contributed by atoms with van der Waals surface area (Å²) in [6.45, 7) is 4.76. The van der Waals surface area contributed by atoms with Crippen LogP contribution in [0.4, 0.5) is 11.4 Å². The summed E-state index contributed by atoms with van der Waals surface area (Å²) in [6.07, 6.45) is 0.